The largest absolute Gasteiger partial charge is 0.481 e. The SMILES string of the molecule is CN(CC1CCCO1)C(=O)C(C(=O)O)C(C)(C)C. The molecule has 1 aliphatic heterocycles. The molecule has 0 radical (unpaired) electrons. The average Bonchev–Trinajstić information content (AvgIpc) is 2.67. The molecule has 104 valence electrons. The van der Waals surface area contributed by atoms with Gasteiger partial charge in [0.05, 0.1) is 6.10 Å². The molecule has 0 aromatic carbocycles. The minimum atomic E-state index is -1.06. The van der Waals surface area contributed by atoms with Crippen LogP contribution in [0.2, 0.25) is 0 Å². The zero-order valence-electron chi connectivity index (χ0n) is 11.6. The van der Waals surface area contributed by atoms with Crippen LogP contribution in [0, 0.1) is 11.3 Å². The molecule has 0 aliphatic carbocycles. The summed E-state index contributed by atoms with van der Waals surface area (Å²) in [6.45, 7) is 6.50. The normalized spacial score (nSPS) is 21.7. The third-order valence-corrected chi connectivity index (χ3v) is 3.24. The van der Waals surface area contributed by atoms with Crippen molar-refractivity contribution in [3.05, 3.63) is 0 Å². The van der Waals surface area contributed by atoms with E-state index in [1.807, 2.05) is 0 Å². The number of carbonyl (C=O) groups is 2. The van der Waals surface area contributed by atoms with Crippen LogP contribution < -0.4 is 0 Å². The first-order valence-corrected chi connectivity index (χ1v) is 6.33. The molecule has 1 aliphatic rings. The first-order valence-electron chi connectivity index (χ1n) is 6.33. The molecule has 0 aromatic heterocycles. The molecule has 5 nitrogen and oxygen atoms in total. The van der Waals surface area contributed by atoms with E-state index < -0.39 is 17.3 Å². The minimum absolute atomic E-state index is 0.0494. The van der Waals surface area contributed by atoms with E-state index in [1.165, 1.54) is 4.90 Å². The molecule has 2 atom stereocenters. The number of aliphatic carboxylic acids is 1. The lowest BCUT2D eigenvalue weighted by molar-refractivity contribution is -0.156. The smallest absolute Gasteiger partial charge is 0.316 e. The minimum Gasteiger partial charge on any atom is -0.481 e. The molecule has 1 saturated heterocycles. The van der Waals surface area contributed by atoms with Gasteiger partial charge in [0.25, 0.3) is 0 Å². The number of carboxylic acid groups (broad SMARTS) is 1. The molecule has 0 spiro atoms. The second-order valence-electron chi connectivity index (χ2n) is 5.99. The summed E-state index contributed by atoms with van der Waals surface area (Å²) < 4.78 is 5.46. The van der Waals surface area contributed by atoms with Gasteiger partial charge in [0.15, 0.2) is 0 Å². The Morgan fingerprint density at radius 3 is 2.44 bits per heavy atom. The van der Waals surface area contributed by atoms with Crippen molar-refractivity contribution in [2.75, 3.05) is 20.2 Å². The van der Waals surface area contributed by atoms with Crippen molar-refractivity contribution in [2.24, 2.45) is 11.3 Å². The number of hydrogen-bond acceptors (Lipinski definition) is 3. The molecule has 2 unspecified atom stereocenters. The molecule has 18 heavy (non-hydrogen) atoms. The maximum atomic E-state index is 12.2. The molecule has 1 N–H and O–H groups in total. The Balaban J connectivity index is 2.67. The highest BCUT2D eigenvalue weighted by Crippen LogP contribution is 2.28. The van der Waals surface area contributed by atoms with Crippen LogP contribution in [0.1, 0.15) is 33.6 Å². The second kappa shape index (κ2) is 5.69. The van der Waals surface area contributed by atoms with Crippen LogP contribution in [-0.4, -0.2) is 48.2 Å². The van der Waals surface area contributed by atoms with Crippen LogP contribution in [0.25, 0.3) is 0 Å². The Morgan fingerprint density at radius 1 is 1.44 bits per heavy atom. The van der Waals surface area contributed by atoms with E-state index >= 15 is 0 Å². The van der Waals surface area contributed by atoms with Crippen molar-refractivity contribution >= 4 is 11.9 Å². The summed E-state index contributed by atoms with van der Waals surface area (Å²) in [5.41, 5.74) is -0.590. The van der Waals surface area contributed by atoms with Crippen molar-refractivity contribution in [3.63, 3.8) is 0 Å². The molecule has 1 amide bonds. The molecular weight excluding hydrogens is 234 g/mol. The molecule has 1 rings (SSSR count). The molecule has 1 fully saturated rings. The van der Waals surface area contributed by atoms with E-state index in [0.717, 1.165) is 19.4 Å². The first kappa shape index (κ1) is 15.0. The van der Waals surface area contributed by atoms with Crippen molar-refractivity contribution in [1.82, 2.24) is 4.90 Å². The van der Waals surface area contributed by atoms with Crippen LogP contribution in [0.15, 0.2) is 0 Å². The maximum Gasteiger partial charge on any atom is 0.316 e. The average molecular weight is 257 g/mol. The lowest BCUT2D eigenvalue weighted by atomic mass is 9.80. The zero-order chi connectivity index (χ0) is 13.9. The van der Waals surface area contributed by atoms with E-state index in [1.54, 1.807) is 27.8 Å². The number of likely N-dealkylation sites (N-methyl/N-ethyl adjacent to an activating group) is 1. The summed E-state index contributed by atoms with van der Waals surface area (Å²) in [5.74, 6) is -2.42. The van der Waals surface area contributed by atoms with Gasteiger partial charge >= 0.3 is 5.97 Å². The third-order valence-electron chi connectivity index (χ3n) is 3.24. The molecule has 1 heterocycles. The summed E-state index contributed by atoms with van der Waals surface area (Å²) in [6, 6.07) is 0. The van der Waals surface area contributed by atoms with E-state index in [0.29, 0.717) is 6.54 Å². The third kappa shape index (κ3) is 3.70. The van der Waals surface area contributed by atoms with Gasteiger partial charge in [-0.2, -0.15) is 0 Å². The molecular formula is C13H23NO4. The molecule has 0 bridgehead atoms. The Kier molecular flexibility index (Phi) is 4.73. The number of carbonyl (C=O) groups excluding carboxylic acids is 1. The van der Waals surface area contributed by atoms with Crippen molar-refractivity contribution in [1.29, 1.82) is 0 Å². The Morgan fingerprint density at radius 2 is 2.06 bits per heavy atom. The van der Waals surface area contributed by atoms with Gasteiger partial charge in [0.1, 0.15) is 5.92 Å². The zero-order valence-corrected chi connectivity index (χ0v) is 11.6. The summed E-state index contributed by atoms with van der Waals surface area (Å²) in [6.07, 6.45) is 1.99. The van der Waals surface area contributed by atoms with Crippen LogP contribution in [0.3, 0.4) is 0 Å². The highest BCUT2D eigenvalue weighted by Gasteiger charge is 2.39. The van der Waals surface area contributed by atoms with Crippen molar-refractivity contribution in [3.8, 4) is 0 Å². The summed E-state index contributed by atoms with van der Waals surface area (Å²) in [7, 11) is 1.64. The topological polar surface area (TPSA) is 66.8 Å². The lowest BCUT2D eigenvalue weighted by Gasteiger charge is -2.30. The van der Waals surface area contributed by atoms with E-state index in [2.05, 4.69) is 0 Å². The Labute approximate surface area is 108 Å². The van der Waals surface area contributed by atoms with Gasteiger partial charge in [0.2, 0.25) is 5.91 Å². The van der Waals surface area contributed by atoms with Crippen molar-refractivity contribution in [2.45, 2.75) is 39.7 Å². The fourth-order valence-electron chi connectivity index (χ4n) is 2.25. The van der Waals surface area contributed by atoms with Crippen LogP contribution in [0.5, 0.6) is 0 Å². The number of ether oxygens (including phenoxy) is 1. The monoisotopic (exact) mass is 257 g/mol. The van der Waals surface area contributed by atoms with Crippen LogP contribution in [0.4, 0.5) is 0 Å². The predicted octanol–water partition coefficient (Wildman–Crippen LogP) is 1.37. The van der Waals surface area contributed by atoms with E-state index in [-0.39, 0.29) is 12.0 Å². The quantitative estimate of drug-likeness (QED) is 0.772. The highest BCUT2D eigenvalue weighted by molar-refractivity contribution is 5.97. The number of hydrogen-bond donors (Lipinski definition) is 1. The van der Waals surface area contributed by atoms with Gasteiger partial charge in [-0.1, -0.05) is 20.8 Å². The molecule has 0 saturated carbocycles. The van der Waals surface area contributed by atoms with Gasteiger partial charge in [-0.25, -0.2) is 0 Å². The number of carboxylic acids is 1. The van der Waals surface area contributed by atoms with Crippen LogP contribution >= 0.6 is 0 Å². The number of amides is 1. The predicted molar refractivity (Wildman–Crippen MR) is 67.2 cm³/mol. The first-order chi connectivity index (χ1) is 8.23. The van der Waals surface area contributed by atoms with Gasteiger partial charge in [0, 0.05) is 20.2 Å². The fraction of sp³-hybridized carbons (Fsp3) is 0.846. The summed E-state index contributed by atoms with van der Waals surface area (Å²) in [4.78, 5) is 24.9. The number of rotatable bonds is 4. The Bertz CT molecular complexity index is 315. The maximum absolute atomic E-state index is 12.2. The van der Waals surface area contributed by atoms with Crippen molar-refractivity contribution < 1.29 is 19.4 Å². The van der Waals surface area contributed by atoms with E-state index in [4.69, 9.17) is 4.74 Å². The summed E-state index contributed by atoms with van der Waals surface area (Å²) in [5, 5.41) is 9.21. The lowest BCUT2D eigenvalue weighted by Crippen LogP contribution is -2.45. The molecule has 5 heteroatoms. The summed E-state index contributed by atoms with van der Waals surface area (Å²) >= 11 is 0. The second-order valence-corrected chi connectivity index (χ2v) is 5.99. The highest BCUT2D eigenvalue weighted by atomic mass is 16.5. The molecule has 0 aromatic rings. The fourth-order valence-corrected chi connectivity index (χ4v) is 2.25. The van der Waals surface area contributed by atoms with Crippen LogP contribution in [-0.2, 0) is 14.3 Å². The van der Waals surface area contributed by atoms with E-state index in [9.17, 15) is 14.7 Å². The van der Waals surface area contributed by atoms with Gasteiger partial charge in [-0.3, -0.25) is 9.59 Å². The number of nitrogens with zero attached hydrogens (tertiary/aromatic N) is 1. The standard InChI is InChI=1S/C13H23NO4/c1-13(2,3)10(12(16)17)11(15)14(4)8-9-6-5-7-18-9/h9-10H,5-8H2,1-4H3,(H,16,17). The van der Waals surface area contributed by atoms with Gasteiger partial charge < -0.3 is 14.7 Å². The Hall–Kier alpha value is -1.10. The van der Waals surface area contributed by atoms with Gasteiger partial charge in [-0.15, -0.1) is 0 Å². The van der Waals surface area contributed by atoms with Gasteiger partial charge in [-0.05, 0) is 18.3 Å².